The lowest BCUT2D eigenvalue weighted by atomic mass is 10.1. The van der Waals surface area contributed by atoms with Crippen molar-refractivity contribution in [3.63, 3.8) is 0 Å². The maximum atomic E-state index is 13.3. The van der Waals surface area contributed by atoms with Gasteiger partial charge in [0.05, 0.1) is 11.1 Å². The van der Waals surface area contributed by atoms with Crippen molar-refractivity contribution >= 4 is 21.7 Å². The van der Waals surface area contributed by atoms with Crippen LogP contribution in [0.15, 0.2) is 16.6 Å². The largest absolute Gasteiger partial charge is 0.491 e. The Labute approximate surface area is 90.2 Å². The van der Waals surface area contributed by atoms with Crippen LogP contribution >= 0.6 is 15.9 Å². The molecule has 0 N–H and O–H groups in total. The second-order valence-electron chi connectivity index (χ2n) is 2.76. The van der Waals surface area contributed by atoms with Gasteiger partial charge in [0.15, 0.2) is 17.3 Å². The summed E-state index contributed by atoms with van der Waals surface area (Å²) in [5, 5.41) is 0. The molecule has 0 aliphatic carbocycles. The molecule has 0 atom stereocenters. The van der Waals surface area contributed by atoms with Crippen molar-refractivity contribution in [3.8, 4) is 5.75 Å². The number of ether oxygens (including phenoxy) is 1. The van der Waals surface area contributed by atoms with Gasteiger partial charge < -0.3 is 4.74 Å². The number of hydrogen-bond acceptors (Lipinski definition) is 2. The molecule has 0 aromatic heterocycles. The Morgan fingerprint density at radius 1 is 1.57 bits per heavy atom. The molecule has 0 aliphatic rings. The van der Waals surface area contributed by atoms with Crippen LogP contribution in [-0.2, 0) is 0 Å². The van der Waals surface area contributed by atoms with Crippen molar-refractivity contribution in [1.29, 1.82) is 0 Å². The average molecular weight is 261 g/mol. The van der Waals surface area contributed by atoms with Gasteiger partial charge >= 0.3 is 0 Å². The lowest BCUT2D eigenvalue weighted by Crippen LogP contribution is -1.99. The van der Waals surface area contributed by atoms with Crippen LogP contribution in [0, 0.1) is 5.82 Å². The second kappa shape index (κ2) is 4.55. The summed E-state index contributed by atoms with van der Waals surface area (Å²) in [4.78, 5) is 11.1. The first-order valence-corrected chi connectivity index (χ1v) is 4.98. The molecule has 2 nitrogen and oxygen atoms in total. The first-order chi connectivity index (χ1) is 6.56. The number of Topliss-reactive ketones (excluding diaryl/α,β-unsaturated/α-hetero) is 1. The first kappa shape index (κ1) is 11.2. The van der Waals surface area contributed by atoms with E-state index in [0.29, 0.717) is 12.2 Å². The molecule has 0 unspecified atom stereocenters. The molecule has 0 spiro atoms. The Morgan fingerprint density at radius 3 is 2.71 bits per heavy atom. The fraction of sp³-hybridized carbons (Fsp3) is 0.300. The van der Waals surface area contributed by atoms with Crippen LogP contribution in [0.5, 0.6) is 5.75 Å². The summed E-state index contributed by atoms with van der Waals surface area (Å²) in [5.41, 5.74) is 0.432. The maximum absolute atomic E-state index is 13.3. The number of benzene rings is 1. The molecule has 14 heavy (non-hydrogen) atoms. The molecule has 4 heteroatoms. The van der Waals surface area contributed by atoms with Gasteiger partial charge in [-0.2, -0.15) is 0 Å². The highest BCUT2D eigenvalue weighted by atomic mass is 79.9. The minimum atomic E-state index is -0.475. The molecule has 0 radical (unpaired) electrons. The molecule has 0 bridgehead atoms. The number of carbonyl (C=O) groups excluding carboxylic acids is 1. The van der Waals surface area contributed by atoms with Gasteiger partial charge in [0, 0.05) is 5.56 Å². The number of carbonyl (C=O) groups is 1. The summed E-state index contributed by atoms with van der Waals surface area (Å²) in [6.45, 7) is 3.55. The molecule has 0 heterocycles. The Kier molecular flexibility index (Phi) is 3.63. The summed E-state index contributed by atoms with van der Waals surface area (Å²) in [6.07, 6.45) is 0. The highest BCUT2D eigenvalue weighted by Crippen LogP contribution is 2.27. The first-order valence-electron chi connectivity index (χ1n) is 4.19. The number of hydrogen-bond donors (Lipinski definition) is 0. The van der Waals surface area contributed by atoms with Gasteiger partial charge in [0.1, 0.15) is 0 Å². The zero-order chi connectivity index (χ0) is 10.7. The van der Waals surface area contributed by atoms with Gasteiger partial charge in [-0.1, -0.05) is 0 Å². The van der Waals surface area contributed by atoms with Crippen molar-refractivity contribution in [2.24, 2.45) is 0 Å². The predicted molar refractivity (Wildman–Crippen MR) is 55.3 cm³/mol. The van der Waals surface area contributed by atoms with Crippen molar-refractivity contribution < 1.29 is 13.9 Å². The summed E-state index contributed by atoms with van der Waals surface area (Å²) in [6, 6.07) is 2.85. The van der Waals surface area contributed by atoms with Crippen LogP contribution in [0.4, 0.5) is 4.39 Å². The molecule has 1 rings (SSSR count). The van der Waals surface area contributed by atoms with Crippen LogP contribution in [0.25, 0.3) is 0 Å². The molecule has 0 saturated heterocycles. The van der Waals surface area contributed by atoms with Gasteiger partial charge in [-0.15, -0.1) is 0 Å². The second-order valence-corrected chi connectivity index (χ2v) is 3.61. The Morgan fingerprint density at radius 2 is 2.21 bits per heavy atom. The zero-order valence-electron chi connectivity index (χ0n) is 7.93. The standard InChI is InChI=1S/C10H10BrFO2/c1-3-14-9-5-7(6(2)13)4-8(11)10(9)12/h4-5H,3H2,1-2H3. The van der Waals surface area contributed by atoms with Gasteiger partial charge in [-0.05, 0) is 41.9 Å². The SMILES string of the molecule is CCOc1cc(C(C)=O)cc(Br)c1F. The van der Waals surface area contributed by atoms with E-state index >= 15 is 0 Å². The minimum Gasteiger partial charge on any atom is -0.491 e. The van der Waals surface area contributed by atoms with Crippen LogP contribution in [0.3, 0.4) is 0 Å². The van der Waals surface area contributed by atoms with Gasteiger partial charge in [0.2, 0.25) is 0 Å². The van der Waals surface area contributed by atoms with E-state index in [1.165, 1.54) is 19.1 Å². The molecule has 0 aliphatic heterocycles. The van der Waals surface area contributed by atoms with Crippen molar-refractivity contribution in [2.75, 3.05) is 6.61 Å². The quantitative estimate of drug-likeness (QED) is 0.781. The van der Waals surface area contributed by atoms with Crippen molar-refractivity contribution in [1.82, 2.24) is 0 Å². The third-order valence-corrected chi connectivity index (χ3v) is 2.28. The summed E-state index contributed by atoms with van der Waals surface area (Å²) in [7, 11) is 0. The smallest absolute Gasteiger partial charge is 0.179 e. The van der Waals surface area contributed by atoms with E-state index in [2.05, 4.69) is 15.9 Å². The molecule has 0 saturated carbocycles. The molecule has 1 aromatic carbocycles. The minimum absolute atomic E-state index is 0.104. The fourth-order valence-corrected chi connectivity index (χ4v) is 1.47. The third kappa shape index (κ3) is 2.32. The topological polar surface area (TPSA) is 26.3 Å². The van der Waals surface area contributed by atoms with Crippen molar-refractivity contribution in [3.05, 3.63) is 28.0 Å². The molecule has 0 fully saturated rings. The monoisotopic (exact) mass is 260 g/mol. The molecule has 1 aromatic rings. The van der Waals surface area contributed by atoms with E-state index in [4.69, 9.17) is 4.74 Å². The fourth-order valence-electron chi connectivity index (χ4n) is 1.03. The van der Waals surface area contributed by atoms with Gasteiger partial charge in [-0.25, -0.2) is 4.39 Å². The Bertz CT molecular complexity index is 363. The van der Waals surface area contributed by atoms with Crippen molar-refractivity contribution in [2.45, 2.75) is 13.8 Å². The van der Waals surface area contributed by atoms with Crippen LogP contribution in [0.1, 0.15) is 24.2 Å². The summed E-state index contributed by atoms with van der Waals surface area (Å²) < 4.78 is 18.6. The Hall–Kier alpha value is -0.900. The van der Waals surface area contributed by atoms with E-state index < -0.39 is 5.82 Å². The number of ketones is 1. The van der Waals surface area contributed by atoms with E-state index in [9.17, 15) is 9.18 Å². The Balaban J connectivity index is 3.20. The van der Waals surface area contributed by atoms with Gasteiger partial charge in [-0.3, -0.25) is 4.79 Å². The highest BCUT2D eigenvalue weighted by Gasteiger charge is 2.11. The zero-order valence-corrected chi connectivity index (χ0v) is 9.52. The molecule has 76 valence electrons. The predicted octanol–water partition coefficient (Wildman–Crippen LogP) is 3.19. The highest BCUT2D eigenvalue weighted by molar-refractivity contribution is 9.10. The maximum Gasteiger partial charge on any atom is 0.179 e. The normalized spacial score (nSPS) is 10.0. The third-order valence-electron chi connectivity index (χ3n) is 1.70. The number of rotatable bonds is 3. The molecular weight excluding hydrogens is 251 g/mol. The molecule has 0 amide bonds. The summed E-state index contributed by atoms with van der Waals surface area (Å²) >= 11 is 3.03. The van der Waals surface area contributed by atoms with Crippen LogP contribution < -0.4 is 4.74 Å². The van der Waals surface area contributed by atoms with E-state index in [0.717, 1.165) is 0 Å². The van der Waals surface area contributed by atoms with E-state index in [-0.39, 0.29) is 16.0 Å². The van der Waals surface area contributed by atoms with Gasteiger partial charge in [0.25, 0.3) is 0 Å². The number of halogens is 2. The lowest BCUT2D eigenvalue weighted by molar-refractivity contribution is 0.101. The molecular formula is C10H10BrFO2. The van der Waals surface area contributed by atoms with Crippen LogP contribution in [-0.4, -0.2) is 12.4 Å². The van der Waals surface area contributed by atoms with E-state index in [1.54, 1.807) is 6.92 Å². The van der Waals surface area contributed by atoms with Crippen LogP contribution in [0.2, 0.25) is 0 Å². The van der Waals surface area contributed by atoms with E-state index in [1.807, 2.05) is 0 Å². The average Bonchev–Trinajstić information content (AvgIpc) is 2.12. The lowest BCUT2D eigenvalue weighted by Gasteiger charge is -2.07. The summed E-state index contributed by atoms with van der Waals surface area (Å²) in [5.74, 6) is -0.490.